The second-order valence-electron chi connectivity index (χ2n) is 7.17. The van der Waals surface area contributed by atoms with Crippen molar-refractivity contribution in [1.82, 2.24) is 4.90 Å². The van der Waals surface area contributed by atoms with Crippen LogP contribution in [0.1, 0.15) is 29.3 Å². The van der Waals surface area contributed by atoms with Crippen molar-refractivity contribution in [2.75, 3.05) is 13.1 Å². The van der Waals surface area contributed by atoms with Gasteiger partial charge in [0.15, 0.2) is 0 Å². The van der Waals surface area contributed by atoms with E-state index in [1.165, 1.54) is 25.1 Å². The molecule has 1 heterocycles. The Morgan fingerprint density at radius 2 is 2.10 bits per heavy atom. The molecule has 4 atom stereocenters. The van der Waals surface area contributed by atoms with Gasteiger partial charge in [0.25, 0.3) is 0 Å². The molecule has 110 valence electrons. The van der Waals surface area contributed by atoms with Gasteiger partial charge in [0.1, 0.15) is 0 Å². The molecule has 0 spiro atoms. The van der Waals surface area contributed by atoms with E-state index in [9.17, 15) is 4.79 Å². The first kappa shape index (κ1) is 13.1. The molecule has 3 heteroatoms. The number of aromatic carboxylic acids is 1. The van der Waals surface area contributed by atoms with Crippen LogP contribution in [0.15, 0.2) is 36.4 Å². The fraction of sp³-hybridized carbons (Fsp3) is 0.500. The van der Waals surface area contributed by atoms with Gasteiger partial charge in [-0.1, -0.05) is 31.2 Å². The van der Waals surface area contributed by atoms with Crippen LogP contribution in [-0.4, -0.2) is 29.1 Å². The molecular weight excluding hydrogens is 262 g/mol. The van der Waals surface area contributed by atoms with Crippen LogP contribution in [0.25, 0.3) is 0 Å². The minimum absolute atomic E-state index is 0.367. The number of carboxylic acid groups (broad SMARTS) is 1. The van der Waals surface area contributed by atoms with Crippen molar-refractivity contribution in [3.05, 3.63) is 47.5 Å². The molecule has 2 aliphatic carbocycles. The molecule has 1 saturated heterocycles. The van der Waals surface area contributed by atoms with E-state index in [0.29, 0.717) is 11.0 Å². The van der Waals surface area contributed by atoms with Crippen LogP contribution in [0.5, 0.6) is 0 Å². The summed E-state index contributed by atoms with van der Waals surface area (Å²) < 4.78 is 0. The summed E-state index contributed by atoms with van der Waals surface area (Å²) >= 11 is 0. The molecule has 2 fully saturated rings. The highest BCUT2D eigenvalue weighted by Gasteiger charge is 2.56. The number of carboxylic acids is 1. The minimum Gasteiger partial charge on any atom is -0.478 e. The van der Waals surface area contributed by atoms with Gasteiger partial charge in [0, 0.05) is 19.6 Å². The Morgan fingerprint density at radius 3 is 2.76 bits per heavy atom. The Labute approximate surface area is 125 Å². The van der Waals surface area contributed by atoms with Crippen LogP contribution < -0.4 is 0 Å². The number of allylic oxidation sites excluding steroid dienone is 2. The van der Waals surface area contributed by atoms with Crippen LogP contribution in [0.4, 0.5) is 0 Å². The third-order valence-electron chi connectivity index (χ3n) is 5.95. The summed E-state index contributed by atoms with van der Waals surface area (Å²) in [5.41, 5.74) is 2.04. The molecule has 4 rings (SSSR count). The topological polar surface area (TPSA) is 40.5 Å². The van der Waals surface area contributed by atoms with Crippen molar-refractivity contribution in [3.8, 4) is 0 Å². The van der Waals surface area contributed by atoms with Gasteiger partial charge in [-0.3, -0.25) is 4.90 Å². The van der Waals surface area contributed by atoms with Crippen molar-refractivity contribution in [2.45, 2.75) is 19.9 Å². The van der Waals surface area contributed by atoms with E-state index in [2.05, 4.69) is 24.0 Å². The molecule has 2 bridgehead atoms. The maximum atomic E-state index is 10.9. The molecule has 0 aromatic heterocycles. The predicted molar refractivity (Wildman–Crippen MR) is 81.0 cm³/mol. The number of hydrogen-bond donors (Lipinski definition) is 1. The maximum absolute atomic E-state index is 10.9. The zero-order chi connectivity index (χ0) is 14.6. The smallest absolute Gasteiger partial charge is 0.335 e. The Morgan fingerprint density at radius 1 is 1.33 bits per heavy atom. The molecule has 3 aliphatic rings. The van der Waals surface area contributed by atoms with Crippen LogP contribution in [0.3, 0.4) is 0 Å². The lowest BCUT2D eigenvalue weighted by Gasteiger charge is -2.32. The van der Waals surface area contributed by atoms with E-state index in [0.717, 1.165) is 24.3 Å². The number of fused-ring (bicyclic) bond motifs is 5. The van der Waals surface area contributed by atoms with Gasteiger partial charge < -0.3 is 5.11 Å². The quantitative estimate of drug-likeness (QED) is 0.867. The first-order valence-corrected chi connectivity index (χ1v) is 7.79. The largest absolute Gasteiger partial charge is 0.478 e. The second-order valence-corrected chi connectivity index (χ2v) is 7.17. The predicted octanol–water partition coefficient (Wildman–Crippen LogP) is 3.03. The number of benzene rings is 1. The van der Waals surface area contributed by atoms with E-state index >= 15 is 0 Å². The Balaban J connectivity index is 1.47. The molecule has 1 N–H and O–H groups in total. The van der Waals surface area contributed by atoms with Gasteiger partial charge in [-0.05, 0) is 47.3 Å². The van der Waals surface area contributed by atoms with Gasteiger partial charge in [-0.2, -0.15) is 0 Å². The molecule has 3 nitrogen and oxygen atoms in total. The van der Waals surface area contributed by atoms with Crippen LogP contribution >= 0.6 is 0 Å². The van der Waals surface area contributed by atoms with Crippen LogP contribution in [0.2, 0.25) is 0 Å². The summed E-state index contributed by atoms with van der Waals surface area (Å²) in [5, 5.41) is 8.95. The zero-order valence-electron chi connectivity index (χ0n) is 12.3. The molecule has 1 unspecified atom stereocenters. The van der Waals surface area contributed by atoms with Gasteiger partial charge in [0.2, 0.25) is 0 Å². The molecule has 1 aliphatic heterocycles. The van der Waals surface area contributed by atoms with E-state index in [1.54, 1.807) is 12.1 Å². The number of hydrogen-bond acceptors (Lipinski definition) is 2. The first-order chi connectivity index (χ1) is 10.1. The van der Waals surface area contributed by atoms with Crippen LogP contribution in [0, 0.1) is 23.2 Å². The van der Waals surface area contributed by atoms with Gasteiger partial charge >= 0.3 is 5.97 Å². The average Bonchev–Trinajstić information content (AvgIpc) is 3.10. The number of rotatable bonds is 3. The number of nitrogens with zero attached hydrogens (tertiary/aromatic N) is 1. The summed E-state index contributed by atoms with van der Waals surface area (Å²) in [7, 11) is 0. The summed E-state index contributed by atoms with van der Waals surface area (Å²) in [6, 6.07) is 7.32. The highest BCUT2D eigenvalue weighted by atomic mass is 16.4. The monoisotopic (exact) mass is 283 g/mol. The maximum Gasteiger partial charge on any atom is 0.335 e. The Hall–Kier alpha value is -1.61. The molecule has 0 radical (unpaired) electrons. The van der Waals surface area contributed by atoms with E-state index in [4.69, 9.17) is 5.11 Å². The SMILES string of the molecule is C[C@@]12CN(Cc3ccc(C(=O)O)cc3)CC1[C@@H]1C=C[C@H]2C1. The summed E-state index contributed by atoms with van der Waals surface area (Å²) in [6.45, 7) is 5.75. The van der Waals surface area contributed by atoms with Crippen molar-refractivity contribution < 1.29 is 9.90 Å². The first-order valence-electron chi connectivity index (χ1n) is 7.79. The van der Waals surface area contributed by atoms with E-state index in [1.807, 2.05) is 12.1 Å². The van der Waals surface area contributed by atoms with Crippen molar-refractivity contribution in [2.24, 2.45) is 23.2 Å². The van der Waals surface area contributed by atoms with Crippen LogP contribution in [-0.2, 0) is 6.54 Å². The lowest BCUT2D eigenvalue weighted by Crippen LogP contribution is -2.31. The van der Waals surface area contributed by atoms with E-state index in [-0.39, 0.29) is 0 Å². The lowest BCUT2D eigenvalue weighted by atomic mass is 9.72. The highest BCUT2D eigenvalue weighted by molar-refractivity contribution is 5.87. The molecule has 1 aromatic rings. The lowest BCUT2D eigenvalue weighted by molar-refractivity contribution is 0.0697. The normalized spacial score (nSPS) is 37.1. The van der Waals surface area contributed by atoms with Crippen molar-refractivity contribution in [3.63, 3.8) is 0 Å². The Bertz CT molecular complexity index is 606. The third kappa shape index (κ3) is 1.95. The number of likely N-dealkylation sites (tertiary alicyclic amines) is 1. The molecule has 0 amide bonds. The molecule has 1 aromatic carbocycles. The summed E-state index contributed by atoms with van der Waals surface area (Å²) in [6.07, 6.45) is 6.23. The van der Waals surface area contributed by atoms with Gasteiger partial charge in [-0.25, -0.2) is 4.79 Å². The fourth-order valence-corrected chi connectivity index (χ4v) is 4.81. The van der Waals surface area contributed by atoms with E-state index < -0.39 is 5.97 Å². The molecular formula is C18H21NO2. The summed E-state index contributed by atoms with van der Waals surface area (Å²) in [4.78, 5) is 13.4. The highest BCUT2D eigenvalue weighted by Crippen LogP contribution is 2.59. The molecule has 21 heavy (non-hydrogen) atoms. The Kier molecular flexibility index (Phi) is 2.77. The number of carbonyl (C=O) groups is 1. The summed E-state index contributed by atoms with van der Waals surface area (Å²) in [5.74, 6) is 1.52. The zero-order valence-corrected chi connectivity index (χ0v) is 12.3. The van der Waals surface area contributed by atoms with Gasteiger partial charge in [0.05, 0.1) is 5.56 Å². The fourth-order valence-electron chi connectivity index (χ4n) is 4.81. The molecule has 1 saturated carbocycles. The van der Waals surface area contributed by atoms with Crippen molar-refractivity contribution >= 4 is 5.97 Å². The van der Waals surface area contributed by atoms with Crippen molar-refractivity contribution in [1.29, 1.82) is 0 Å². The average molecular weight is 283 g/mol. The third-order valence-corrected chi connectivity index (χ3v) is 5.95. The van der Waals surface area contributed by atoms with Gasteiger partial charge in [-0.15, -0.1) is 0 Å². The second kappa shape index (κ2) is 4.44. The standard InChI is InChI=1S/C18H21NO2/c1-18-11-19(10-16(18)14-6-7-15(18)8-14)9-12-2-4-13(5-3-12)17(20)21/h2-7,14-16H,8-11H2,1H3,(H,20,21)/t14-,15+,16?,18+/m1/s1. The minimum atomic E-state index is -0.854.